The first-order valence-electron chi connectivity index (χ1n) is 15.3. The topological polar surface area (TPSA) is 85.6 Å². The molecule has 2 unspecified atom stereocenters. The Bertz CT molecular complexity index is 1630. The van der Waals surface area contributed by atoms with Crippen LogP contribution in [0, 0.1) is 18.2 Å². The van der Waals surface area contributed by atoms with Crippen molar-refractivity contribution in [2.75, 3.05) is 39.5 Å². The molecular formula is C34H37FN6O2. The summed E-state index contributed by atoms with van der Waals surface area (Å²) >= 11 is 0. The number of ether oxygens (including phenoxy) is 1. The zero-order valence-electron chi connectivity index (χ0n) is 24.4. The molecule has 0 radical (unpaired) electrons. The van der Waals surface area contributed by atoms with E-state index in [0.717, 1.165) is 50.4 Å². The Kier molecular flexibility index (Phi) is 7.38. The number of hydrogen-bond donors (Lipinski definition) is 2. The first-order valence-corrected chi connectivity index (χ1v) is 15.3. The Morgan fingerprint density at radius 1 is 1.16 bits per heavy atom. The number of hydrogen-bond acceptors (Lipinski definition) is 7. The summed E-state index contributed by atoms with van der Waals surface area (Å²) < 4.78 is 21.0. The summed E-state index contributed by atoms with van der Waals surface area (Å²) in [4.78, 5) is 19.1. The van der Waals surface area contributed by atoms with Gasteiger partial charge in [-0.3, -0.25) is 4.90 Å². The summed E-state index contributed by atoms with van der Waals surface area (Å²) in [6.07, 6.45) is 12.9. The van der Waals surface area contributed by atoms with Gasteiger partial charge in [0.1, 0.15) is 24.1 Å². The van der Waals surface area contributed by atoms with Crippen LogP contribution in [0.1, 0.15) is 49.7 Å². The zero-order chi connectivity index (χ0) is 29.6. The molecule has 5 heterocycles. The summed E-state index contributed by atoms with van der Waals surface area (Å²) in [7, 11) is 0. The number of aromatic hydroxyl groups is 1. The molecule has 0 spiro atoms. The van der Waals surface area contributed by atoms with Gasteiger partial charge in [0.25, 0.3) is 0 Å². The minimum Gasteiger partial charge on any atom is -0.508 e. The standard InChI is InChI=1S/C34H37FN6O2/c1-3-26-29(35)10-6-22-16-25(42)17-28(31(22)26)30-11-9-27(32(36-2)39-30)33(40-18-23-7-8-24(19-40)38-23)37-21-43-20-34-12-4-14-41(34)15-5-13-34/h1,6,9-11,16-17,23-24,38,42H,2,4-5,7-8,12-15,18-21H2/b37-33+. The van der Waals surface area contributed by atoms with Crippen LogP contribution in [0.15, 0.2) is 46.4 Å². The third-order valence-electron chi connectivity index (χ3n) is 9.74. The number of piperazine rings is 1. The van der Waals surface area contributed by atoms with Gasteiger partial charge >= 0.3 is 0 Å². The maximum Gasteiger partial charge on any atom is 0.162 e. The van der Waals surface area contributed by atoms with Crippen molar-refractivity contribution in [3.63, 3.8) is 0 Å². The highest BCUT2D eigenvalue weighted by Gasteiger charge is 2.44. The molecule has 1 aromatic heterocycles. The lowest BCUT2D eigenvalue weighted by Crippen LogP contribution is -2.53. The number of aromatic nitrogens is 1. The molecule has 4 fully saturated rings. The molecule has 222 valence electrons. The van der Waals surface area contributed by atoms with Crippen LogP contribution in [0.3, 0.4) is 0 Å². The van der Waals surface area contributed by atoms with Crippen LogP contribution in [0.25, 0.3) is 22.0 Å². The number of phenolic OH excluding ortho intramolecular Hbond substituents is 1. The number of amidine groups is 1. The lowest BCUT2D eigenvalue weighted by molar-refractivity contribution is 0.0388. The molecule has 4 aliphatic heterocycles. The normalized spacial score (nSPS) is 23.1. The van der Waals surface area contributed by atoms with Crippen molar-refractivity contribution in [1.82, 2.24) is 20.1 Å². The SMILES string of the molecule is C#Cc1c(F)ccc2cc(O)cc(-c3ccc(/C(=N\COCC45CCCN4CCC5)N4CC5CCC(C4)N5)c(N=C)n3)c12. The predicted octanol–water partition coefficient (Wildman–Crippen LogP) is 4.85. The van der Waals surface area contributed by atoms with Gasteiger partial charge in [0.15, 0.2) is 5.82 Å². The average molecular weight is 581 g/mol. The number of nitrogens with one attached hydrogen (secondary N) is 1. The Hall–Kier alpha value is -3.84. The molecule has 4 saturated heterocycles. The molecule has 4 aliphatic rings. The summed E-state index contributed by atoms with van der Waals surface area (Å²) in [6.45, 7) is 8.79. The van der Waals surface area contributed by atoms with Crippen LogP contribution in [-0.2, 0) is 4.74 Å². The lowest BCUT2D eigenvalue weighted by Gasteiger charge is -2.35. The Balaban J connectivity index is 1.24. The smallest absolute Gasteiger partial charge is 0.162 e. The lowest BCUT2D eigenvalue weighted by atomic mass is 9.95. The van der Waals surface area contributed by atoms with Crippen molar-refractivity contribution in [3.8, 4) is 29.4 Å². The number of rotatable bonds is 7. The summed E-state index contributed by atoms with van der Waals surface area (Å²) in [6, 6.07) is 10.7. The van der Waals surface area contributed by atoms with Crippen molar-refractivity contribution in [2.45, 2.75) is 56.1 Å². The van der Waals surface area contributed by atoms with Gasteiger partial charge in [-0.25, -0.2) is 19.4 Å². The number of pyridine rings is 1. The Morgan fingerprint density at radius 3 is 2.65 bits per heavy atom. The third-order valence-corrected chi connectivity index (χ3v) is 9.74. The van der Waals surface area contributed by atoms with Crippen molar-refractivity contribution in [3.05, 3.63) is 53.3 Å². The molecule has 2 aromatic carbocycles. The van der Waals surface area contributed by atoms with E-state index in [1.165, 1.54) is 31.7 Å². The van der Waals surface area contributed by atoms with E-state index in [2.05, 4.69) is 32.7 Å². The van der Waals surface area contributed by atoms with E-state index in [1.807, 2.05) is 12.1 Å². The second kappa shape index (κ2) is 11.3. The quantitative estimate of drug-likeness (QED) is 0.180. The Labute approximate surface area is 251 Å². The number of likely N-dealkylation sites (tertiary alicyclic amines) is 1. The predicted molar refractivity (Wildman–Crippen MR) is 168 cm³/mol. The minimum atomic E-state index is -0.499. The molecule has 2 atom stereocenters. The first-order chi connectivity index (χ1) is 21.0. The van der Waals surface area contributed by atoms with E-state index >= 15 is 0 Å². The number of benzene rings is 2. The maximum absolute atomic E-state index is 14.7. The number of fused-ring (bicyclic) bond motifs is 4. The zero-order valence-corrected chi connectivity index (χ0v) is 24.4. The molecule has 0 aliphatic carbocycles. The van der Waals surface area contributed by atoms with Gasteiger partial charge in [0, 0.05) is 41.7 Å². The molecular weight excluding hydrogens is 543 g/mol. The van der Waals surface area contributed by atoms with E-state index in [4.69, 9.17) is 21.1 Å². The molecule has 7 rings (SSSR count). The molecule has 2 N–H and O–H groups in total. The van der Waals surface area contributed by atoms with Crippen molar-refractivity contribution < 1.29 is 14.2 Å². The summed E-state index contributed by atoms with van der Waals surface area (Å²) in [5.41, 5.74) is 2.09. The number of nitrogens with zero attached hydrogens (tertiary/aromatic N) is 5. The molecule has 2 bridgehead atoms. The molecule has 8 nitrogen and oxygen atoms in total. The molecule has 0 saturated carbocycles. The van der Waals surface area contributed by atoms with Gasteiger partial charge in [-0.2, -0.15) is 0 Å². The molecule has 0 amide bonds. The molecule has 43 heavy (non-hydrogen) atoms. The second-order valence-corrected chi connectivity index (χ2v) is 12.3. The fraction of sp³-hybridized carbons (Fsp3) is 0.441. The largest absolute Gasteiger partial charge is 0.508 e. The van der Waals surface area contributed by atoms with Crippen molar-refractivity contribution in [1.29, 1.82) is 0 Å². The summed E-state index contributed by atoms with van der Waals surface area (Å²) in [5.74, 6) is 3.22. The van der Waals surface area contributed by atoms with Crippen LogP contribution in [0.2, 0.25) is 0 Å². The van der Waals surface area contributed by atoms with Crippen LogP contribution in [0.5, 0.6) is 5.75 Å². The van der Waals surface area contributed by atoms with Gasteiger partial charge in [-0.05, 0) is 94.1 Å². The Morgan fingerprint density at radius 2 is 1.93 bits per heavy atom. The highest BCUT2D eigenvalue weighted by molar-refractivity contribution is 6.04. The van der Waals surface area contributed by atoms with Crippen LogP contribution >= 0.6 is 0 Å². The van der Waals surface area contributed by atoms with E-state index in [0.29, 0.717) is 46.5 Å². The van der Waals surface area contributed by atoms with Gasteiger partial charge < -0.3 is 20.1 Å². The molecule has 3 aromatic rings. The second-order valence-electron chi connectivity index (χ2n) is 12.3. The third kappa shape index (κ3) is 5.07. The van der Waals surface area contributed by atoms with Gasteiger partial charge in [0.2, 0.25) is 0 Å². The number of aliphatic imine (C=N–C) groups is 2. The van der Waals surface area contributed by atoms with Gasteiger partial charge in [-0.15, -0.1) is 6.42 Å². The van der Waals surface area contributed by atoms with E-state index in [9.17, 15) is 9.50 Å². The minimum absolute atomic E-state index is 0.0364. The first kappa shape index (κ1) is 28.0. The fourth-order valence-corrected chi connectivity index (χ4v) is 7.79. The van der Waals surface area contributed by atoms with Gasteiger partial charge in [0.05, 0.1) is 23.4 Å². The highest BCUT2D eigenvalue weighted by atomic mass is 19.1. The van der Waals surface area contributed by atoms with Crippen molar-refractivity contribution in [2.24, 2.45) is 9.98 Å². The van der Waals surface area contributed by atoms with E-state index < -0.39 is 5.82 Å². The average Bonchev–Trinajstić information content (AvgIpc) is 3.70. The van der Waals surface area contributed by atoms with E-state index in [-0.39, 0.29) is 23.6 Å². The fourth-order valence-electron chi connectivity index (χ4n) is 7.79. The maximum atomic E-state index is 14.7. The highest BCUT2D eigenvalue weighted by Crippen LogP contribution is 2.39. The molecule has 9 heteroatoms. The van der Waals surface area contributed by atoms with Crippen molar-refractivity contribution >= 4 is 29.1 Å². The monoisotopic (exact) mass is 580 g/mol. The van der Waals surface area contributed by atoms with Crippen LogP contribution in [-0.4, -0.2) is 89.6 Å². The van der Waals surface area contributed by atoms with Gasteiger partial charge in [-0.1, -0.05) is 12.0 Å². The van der Waals surface area contributed by atoms with E-state index in [1.54, 1.807) is 18.2 Å². The summed E-state index contributed by atoms with van der Waals surface area (Å²) in [5, 5.41) is 15.3. The number of halogens is 1. The van der Waals surface area contributed by atoms with Crippen LogP contribution < -0.4 is 5.32 Å². The number of phenols is 1. The number of terminal acetylenes is 1. The van der Waals surface area contributed by atoms with Crippen LogP contribution in [0.4, 0.5) is 10.2 Å².